The van der Waals surface area contributed by atoms with Crippen molar-refractivity contribution < 1.29 is 14.3 Å². The van der Waals surface area contributed by atoms with Gasteiger partial charge in [-0.25, -0.2) is 0 Å². The molecule has 0 radical (unpaired) electrons. The second-order valence-corrected chi connectivity index (χ2v) is 6.67. The van der Waals surface area contributed by atoms with Crippen LogP contribution in [0.1, 0.15) is 20.8 Å². The van der Waals surface area contributed by atoms with Gasteiger partial charge in [-0.2, -0.15) is 0 Å². The monoisotopic (exact) mass is 263 g/mol. The SMILES string of the molecule is C=C1C2C3C=CC(COC)(O3)C2C(=O)N1C(C)(C)C. The molecule has 4 nitrogen and oxygen atoms in total. The highest BCUT2D eigenvalue weighted by molar-refractivity contribution is 5.88. The Labute approximate surface area is 114 Å². The Morgan fingerprint density at radius 2 is 2.21 bits per heavy atom. The van der Waals surface area contributed by atoms with Gasteiger partial charge >= 0.3 is 0 Å². The first-order valence-electron chi connectivity index (χ1n) is 6.71. The summed E-state index contributed by atoms with van der Waals surface area (Å²) in [5.74, 6) is -0.00699. The molecule has 2 fully saturated rings. The molecule has 19 heavy (non-hydrogen) atoms. The van der Waals surface area contributed by atoms with E-state index in [0.29, 0.717) is 6.61 Å². The molecule has 0 aromatic rings. The standard InChI is InChI=1S/C15H21NO3/c1-9-11-10-6-7-15(19-10,8-18-5)12(11)13(17)16(9)14(2,3)4/h6-7,10-12H,1,8H2,2-5H3. The summed E-state index contributed by atoms with van der Waals surface area (Å²) in [4.78, 5) is 14.7. The molecule has 3 aliphatic rings. The first-order chi connectivity index (χ1) is 8.82. The number of rotatable bonds is 2. The Hall–Kier alpha value is -1.13. The third-order valence-electron chi connectivity index (χ3n) is 4.36. The summed E-state index contributed by atoms with van der Waals surface area (Å²) in [6.45, 7) is 10.7. The maximum atomic E-state index is 12.8. The molecule has 2 saturated heterocycles. The van der Waals surface area contributed by atoms with Crippen molar-refractivity contribution in [1.29, 1.82) is 0 Å². The molecule has 104 valence electrons. The van der Waals surface area contributed by atoms with Crippen molar-refractivity contribution in [1.82, 2.24) is 4.90 Å². The minimum atomic E-state index is -0.593. The van der Waals surface area contributed by atoms with Crippen LogP contribution < -0.4 is 0 Å². The predicted molar refractivity (Wildman–Crippen MR) is 71.3 cm³/mol. The maximum Gasteiger partial charge on any atom is 0.234 e. The molecule has 3 rings (SSSR count). The van der Waals surface area contributed by atoms with E-state index in [1.54, 1.807) is 7.11 Å². The molecule has 0 aromatic carbocycles. The summed E-state index contributed by atoms with van der Waals surface area (Å²) in [6, 6.07) is 0. The van der Waals surface area contributed by atoms with Crippen molar-refractivity contribution in [2.75, 3.05) is 13.7 Å². The molecule has 1 amide bonds. The number of hydrogen-bond acceptors (Lipinski definition) is 3. The summed E-state index contributed by atoms with van der Waals surface area (Å²) < 4.78 is 11.3. The van der Waals surface area contributed by atoms with Gasteiger partial charge in [0, 0.05) is 24.3 Å². The van der Waals surface area contributed by atoms with Crippen LogP contribution in [0.3, 0.4) is 0 Å². The van der Waals surface area contributed by atoms with Gasteiger partial charge in [0.25, 0.3) is 0 Å². The van der Waals surface area contributed by atoms with Crippen molar-refractivity contribution >= 4 is 5.91 Å². The summed E-state index contributed by atoms with van der Waals surface area (Å²) in [7, 11) is 1.64. The molecule has 0 N–H and O–H groups in total. The summed E-state index contributed by atoms with van der Waals surface area (Å²) in [5, 5.41) is 0. The van der Waals surface area contributed by atoms with E-state index in [4.69, 9.17) is 9.47 Å². The van der Waals surface area contributed by atoms with E-state index >= 15 is 0 Å². The van der Waals surface area contributed by atoms with E-state index in [1.807, 2.05) is 37.8 Å². The van der Waals surface area contributed by atoms with E-state index in [0.717, 1.165) is 5.70 Å². The number of amides is 1. The largest absolute Gasteiger partial charge is 0.381 e. The quantitative estimate of drug-likeness (QED) is 0.712. The summed E-state index contributed by atoms with van der Waals surface area (Å²) in [6.07, 6.45) is 4.01. The van der Waals surface area contributed by atoms with Gasteiger partial charge in [-0.15, -0.1) is 0 Å². The van der Waals surface area contributed by atoms with Crippen molar-refractivity contribution in [3.63, 3.8) is 0 Å². The zero-order valence-corrected chi connectivity index (χ0v) is 12.0. The van der Waals surface area contributed by atoms with Crippen LogP contribution in [0.15, 0.2) is 24.4 Å². The van der Waals surface area contributed by atoms with Crippen LogP contribution in [0.2, 0.25) is 0 Å². The van der Waals surface area contributed by atoms with Crippen LogP contribution in [0, 0.1) is 11.8 Å². The van der Waals surface area contributed by atoms with Crippen LogP contribution in [0.4, 0.5) is 0 Å². The van der Waals surface area contributed by atoms with Crippen molar-refractivity contribution in [3.8, 4) is 0 Å². The molecule has 0 saturated carbocycles. The van der Waals surface area contributed by atoms with Crippen LogP contribution in [-0.2, 0) is 14.3 Å². The van der Waals surface area contributed by atoms with Crippen LogP contribution >= 0.6 is 0 Å². The minimum Gasteiger partial charge on any atom is -0.381 e. The maximum absolute atomic E-state index is 12.8. The van der Waals surface area contributed by atoms with Gasteiger partial charge < -0.3 is 14.4 Å². The lowest BCUT2D eigenvalue weighted by atomic mass is 9.77. The second kappa shape index (κ2) is 3.70. The molecule has 0 aliphatic carbocycles. The molecule has 0 aromatic heterocycles. The lowest BCUT2D eigenvalue weighted by molar-refractivity contribution is -0.140. The molecule has 4 unspecified atom stereocenters. The zero-order valence-electron chi connectivity index (χ0n) is 12.0. The Bertz CT molecular complexity index is 476. The molecule has 4 heteroatoms. The topological polar surface area (TPSA) is 38.8 Å². The number of carbonyl (C=O) groups excluding carboxylic acids is 1. The molecule has 4 atom stereocenters. The first-order valence-corrected chi connectivity index (χ1v) is 6.71. The van der Waals surface area contributed by atoms with Crippen molar-refractivity contribution in [3.05, 3.63) is 24.4 Å². The molecule has 0 spiro atoms. The molecule has 3 heterocycles. The summed E-state index contributed by atoms with van der Waals surface area (Å²) in [5.41, 5.74) is 0.0471. The third kappa shape index (κ3) is 1.50. The van der Waals surface area contributed by atoms with Gasteiger partial charge in [0.2, 0.25) is 5.91 Å². The number of hydrogen-bond donors (Lipinski definition) is 0. The van der Waals surface area contributed by atoms with E-state index < -0.39 is 5.60 Å². The van der Waals surface area contributed by atoms with Gasteiger partial charge in [0.1, 0.15) is 5.60 Å². The number of nitrogens with zero attached hydrogens (tertiary/aromatic N) is 1. The highest BCUT2D eigenvalue weighted by Gasteiger charge is 2.66. The second-order valence-electron chi connectivity index (χ2n) is 6.67. The predicted octanol–water partition coefficient (Wildman–Crippen LogP) is 1.73. The lowest BCUT2D eigenvalue weighted by Crippen LogP contribution is -2.47. The highest BCUT2D eigenvalue weighted by Crippen LogP contribution is 2.56. The summed E-state index contributed by atoms with van der Waals surface area (Å²) >= 11 is 0. The Morgan fingerprint density at radius 3 is 2.79 bits per heavy atom. The van der Waals surface area contributed by atoms with E-state index in [1.165, 1.54) is 0 Å². The van der Waals surface area contributed by atoms with Crippen LogP contribution in [-0.4, -0.2) is 41.8 Å². The fraction of sp³-hybridized carbons (Fsp3) is 0.667. The number of methoxy groups -OCH3 is 1. The number of likely N-dealkylation sites (tertiary alicyclic amines) is 1. The van der Waals surface area contributed by atoms with Gasteiger partial charge in [0.05, 0.1) is 18.6 Å². The minimum absolute atomic E-state index is 0.0380. The molecular weight excluding hydrogens is 242 g/mol. The number of ether oxygens (including phenoxy) is 2. The first kappa shape index (κ1) is 12.9. The average Bonchev–Trinajstić information content (AvgIpc) is 2.88. The van der Waals surface area contributed by atoms with Crippen molar-refractivity contribution in [2.45, 2.75) is 38.0 Å². The smallest absolute Gasteiger partial charge is 0.234 e. The van der Waals surface area contributed by atoms with Crippen LogP contribution in [0.25, 0.3) is 0 Å². The molecule has 2 bridgehead atoms. The Morgan fingerprint density at radius 1 is 1.53 bits per heavy atom. The Balaban J connectivity index is 2.02. The highest BCUT2D eigenvalue weighted by atomic mass is 16.6. The fourth-order valence-electron chi connectivity index (χ4n) is 3.79. The van der Waals surface area contributed by atoms with E-state index in [9.17, 15) is 4.79 Å². The zero-order chi connectivity index (χ0) is 14.0. The van der Waals surface area contributed by atoms with Gasteiger partial charge in [0.15, 0.2) is 0 Å². The Kier molecular flexibility index (Phi) is 2.51. The van der Waals surface area contributed by atoms with Gasteiger partial charge in [-0.1, -0.05) is 18.7 Å². The average molecular weight is 263 g/mol. The van der Waals surface area contributed by atoms with E-state index in [2.05, 4.69) is 6.58 Å². The number of fused-ring (bicyclic) bond motifs is 5. The normalized spacial score (nSPS) is 40.4. The fourth-order valence-corrected chi connectivity index (χ4v) is 3.79. The lowest BCUT2D eigenvalue weighted by Gasteiger charge is -2.35. The van der Waals surface area contributed by atoms with Gasteiger partial charge in [-0.3, -0.25) is 4.79 Å². The van der Waals surface area contributed by atoms with E-state index in [-0.39, 0.29) is 29.4 Å². The number of carbonyl (C=O) groups is 1. The van der Waals surface area contributed by atoms with Crippen molar-refractivity contribution in [2.24, 2.45) is 11.8 Å². The third-order valence-corrected chi connectivity index (χ3v) is 4.36. The van der Waals surface area contributed by atoms with Crippen LogP contribution in [0.5, 0.6) is 0 Å². The van der Waals surface area contributed by atoms with Gasteiger partial charge in [-0.05, 0) is 20.8 Å². The molecule has 3 aliphatic heterocycles. The molecular formula is C15H21NO3.